The van der Waals surface area contributed by atoms with Crippen LogP contribution in [-0.4, -0.2) is 23.8 Å². The second-order valence-electron chi connectivity index (χ2n) is 8.37. The second-order valence-corrected chi connectivity index (χ2v) is 8.37. The second kappa shape index (κ2) is 10.6. The highest BCUT2D eigenvalue weighted by Gasteiger charge is 2.26. The minimum atomic E-state index is -0.752. The summed E-state index contributed by atoms with van der Waals surface area (Å²) in [5.74, 6) is -1.19. The van der Waals surface area contributed by atoms with Crippen molar-refractivity contribution in [3.63, 3.8) is 0 Å². The third-order valence-corrected chi connectivity index (χ3v) is 5.37. The Hall–Kier alpha value is -3.93. The smallest absolute Gasteiger partial charge is 0.255 e. The van der Waals surface area contributed by atoms with Crippen LogP contribution in [0.4, 0.5) is 11.4 Å². The number of benzene rings is 3. The molecule has 0 saturated carbocycles. The molecule has 6 nitrogen and oxygen atoms in total. The van der Waals surface area contributed by atoms with E-state index in [4.69, 9.17) is 0 Å². The van der Waals surface area contributed by atoms with Gasteiger partial charge < -0.3 is 16.0 Å². The van der Waals surface area contributed by atoms with E-state index in [9.17, 15) is 14.4 Å². The molecular formula is C27H29N3O3. The van der Waals surface area contributed by atoms with Crippen LogP contribution in [0.15, 0.2) is 72.8 Å². The van der Waals surface area contributed by atoms with Crippen LogP contribution in [-0.2, 0) is 4.79 Å². The minimum absolute atomic E-state index is 0.146. The number of anilines is 2. The molecule has 33 heavy (non-hydrogen) atoms. The van der Waals surface area contributed by atoms with Crippen molar-refractivity contribution in [1.29, 1.82) is 0 Å². The molecule has 6 heteroatoms. The molecule has 3 N–H and O–H groups in total. The van der Waals surface area contributed by atoms with Crippen LogP contribution in [0.2, 0.25) is 0 Å². The summed E-state index contributed by atoms with van der Waals surface area (Å²) < 4.78 is 0. The molecule has 0 aliphatic rings. The first-order valence-corrected chi connectivity index (χ1v) is 10.9. The lowest BCUT2D eigenvalue weighted by atomic mass is 10.0. The minimum Gasteiger partial charge on any atom is -0.340 e. The zero-order chi connectivity index (χ0) is 24.0. The average Bonchev–Trinajstić information content (AvgIpc) is 2.79. The lowest BCUT2D eigenvalue weighted by Crippen LogP contribution is -2.47. The largest absolute Gasteiger partial charge is 0.340 e. The Kier molecular flexibility index (Phi) is 7.61. The van der Waals surface area contributed by atoms with Crippen molar-refractivity contribution in [1.82, 2.24) is 5.32 Å². The molecular weight excluding hydrogens is 414 g/mol. The molecule has 3 aromatic carbocycles. The van der Waals surface area contributed by atoms with Crippen LogP contribution in [0.5, 0.6) is 0 Å². The fourth-order valence-corrected chi connectivity index (χ4v) is 3.37. The molecule has 0 aliphatic heterocycles. The first-order valence-electron chi connectivity index (χ1n) is 10.9. The van der Waals surface area contributed by atoms with Gasteiger partial charge in [-0.2, -0.15) is 0 Å². The quantitative estimate of drug-likeness (QED) is 0.483. The summed E-state index contributed by atoms with van der Waals surface area (Å²) in [6, 6.07) is 20.6. The highest BCUT2D eigenvalue weighted by Crippen LogP contribution is 2.19. The Labute approximate surface area is 194 Å². The molecule has 0 aromatic heterocycles. The van der Waals surface area contributed by atoms with Gasteiger partial charge in [-0.3, -0.25) is 14.4 Å². The van der Waals surface area contributed by atoms with Crippen LogP contribution >= 0.6 is 0 Å². The maximum absolute atomic E-state index is 13.1. The fraction of sp³-hybridized carbons (Fsp3) is 0.222. The summed E-state index contributed by atoms with van der Waals surface area (Å²) in [5.41, 5.74) is 3.84. The van der Waals surface area contributed by atoms with E-state index in [1.54, 1.807) is 36.4 Å². The van der Waals surface area contributed by atoms with Crippen molar-refractivity contribution in [3.8, 4) is 0 Å². The zero-order valence-electron chi connectivity index (χ0n) is 19.3. The molecule has 0 aliphatic carbocycles. The van der Waals surface area contributed by atoms with Gasteiger partial charge in [-0.1, -0.05) is 61.9 Å². The number of aryl methyl sites for hydroxylation is 2. The van der Waals surface area contributed by atoms with E-state index >= 15 is 0 Å². The van der Waals surface area contributed by atoms with E-state index in [-0.39, 0.29) is 23.3 Å². The molecule has 1 atom stereocenters. The predicted octanol–water partition coefficient (Wildman–Crippen LogP) is 4.95. The number of amides is 3. The maximum Gasteiger partial charge on any atom is 0.255 e. The highest BCUT2D eigenvalue weighted by atomic mass is 16.2. The van der Waals surface area contributed by atoms with Crippen molar-refractivity contribution in [3.05, 3.63) is 95.1 Å². The standard InChI is InChI=1S/C27H29N3O3/c1-17(2)24(27(33)28-22-11-7-5-9-19(22)4)30-26(32)21-10-6-8-12-23(21)29-25(31)20-15-13-18(3)14-16-20/h5-17,24H,1-4H3,(H,28,33)(H,29,31)(H,30,32). The van der Waals surface area contributed by atoms with Gasteiger partial charge in [0.05, 0.1) is 11.3 Å². The SMILES string of the molecule is Cc1ccc(C(=O)Nc2ccccc2C(=O)NC(C(=O)Nc2ccccc2C)C(C)C)cc1. The number of hydrogen-bond acceptors (Lipinski definition) is 3. The number of nitrogens with one attached hydrogen (secondary N) is 3. The Morgan fingerprint density at radius 2 is 1.30 bits per heavy atom. The lowest BCUT2D eigenvalue weighted by Gasteiger charge is -2.23. The van der Waals surface area contributed by atoms with E-state index < -0.39 is 11.9 Å². The average molecular weight is 444 g/mol. The maximum atomic E-state index is 13.1. The number of hydrogen-bond donors (Lipinski definition) is 3. The molecule has 3 amide bonds. The monoisotopic (exact) mass is 443 g/mol. The molecule has 0 saturated heterocycles. The first-order chi connectivity index (χ1) is 15.8. The number of rotatable bonds is 7. The fourth-order valence-electron chi connectivity index (χ4n) is 3.37. The molecule has 0 fully saturated rings. The molecule has 0 radical (unpaired) electrons. The molecule has 1 unspecified atom stereocenters. The van der Waals surface area contributed by atoms with Crippen molar-refractivity contribution >= 4 is 29.1 Å². The summed E-state index contributed by atoms with van der Waals surface area (Å²) in [6.07, 6.45) is 0. The Bertz CT molecular complexity index is 1150. The third-order valence-electron chi connectivity index (χ3n) is 5.37. The summed E-state index contributed by atoms with van der Waals surface area (Å²) >= 11 is 0. The van der Waals surface area contributed by atoms with Gasteiger partial charge in [-0.05, 0) is 55.7 Å². The van der Waals surface area contributed by atoms with Gasteiger partial charge in [0.1, 0.15) is 6.04 Å². The van der Waals surface area contributed by atoms with Gasteiger partial charge in [-0.25, -0.2) is 0 Å². The summed E-state index contributed by atoms with van der Waals surface area (Å²) in [5, 5.41) is 8.53. The molecule has 0 spiro atoms. The van der Waals surface area contributed by atoms with Crippen LogP contribution in [0, 0.1) is 19.8 Å². The number of carbonyl (C=O) groups is 3. The Balaban J connectivity index is 1.76. The van der Waals surface area contributed by atoms with Crippen LogP contribution in [0.3, 0.4) is 0 Å². The van der Waals surface area contributed by atoms with Gasteiger partial charge in [0.2, 0.25) is 5.91 Å². The number of carbonyl (C=O) groups excluding carboxylic acids is 3. The van der Waals surface area contributed by atoms with Gasteiger partial charge in [0, 0.05) is 11.3 Å². The molecule has 0 bridgehead atoms. The summed E-state index contributed by atoms with van der Waals surface area (Å²) in [7, 11) is 0. The molecule has 170 valence electrons. The van der Waals surface area contributed by atoms with Crippen molar-refractivity contribution in [2.45, 2.75) is 33.7 Å². The van der Waals surface area contributed by atoms with E-state index in [1.807, 2.05) is 64.1 Å². The van der Waals surface area contributed by atoms with Crippen molar-refractivity contribution in [2.75, 3.05) is 10.6 Å². The number of para-hydroxylation sites is 2. The van der Waals surface area contributed by atoms with Gasteiger partial charge in [0.25, 0.3) is 11.8 Å². The topological polar surface area (TPSA) is 87.3 Å². The molecule has 0 heterocycles. The van der Waals surface area contributed by atoms with Crippen molar-refractivity contribution < 1.29 is 14.4 Å². The third kappa shape index (κ3) is 6.07. The summed E-state index contributed by atoms with van der Waals surface area (Å²) in [4.78, 5) is 38.7. The predicted molar refractivity (Wildman–Crippen MR) is 131 cm³/mol. The van der Waals surface area contributed by atoms with E-state index in [0.29, 0.717) is 16.9 Å². The molecule has 3 aromatic rings. The normalized spacial score (nSPS) is 11.5. The van der Waals surface area contributed by atoms with Gasteiger partial charge in [-0.15, -0.1) is 0 Å². The van der Waals surface area contributed by atoms with E-state index in [1.165, 1.54) is 0 Å². The van der Waals surface area contributed by atoms with Gasteiger partial charge >= 0.3 is 0 Å². The Morgan fingerprint density at radius 3 is 1.94 bits per heavy atom. The van der Waals surface area contributed by atoms with E-state index in [2.05, 4.69) is 16.0 Å². The first kappa shape index (κ1) is 23.7. The van der Waals surface area contributed by atoms with Crippen LogP contribution in [0.1, 0.15) is 45.7 Å². The highest BCUT2D eigenvalue weighted by molar-refractivity contribution is 6.10. The van der Waals surface area contributed by atoms with Crippen LogP contribution in [0.25, 0.3) is 0 Å². The zero-order valence-corrected chi connectivity index (χ0v) is 19.3. The van der Waals surface area contributed by atoms with Gasteiger partial charge in [0.15, 0.2) is 0 Å². The lowest BCUT2D eigenvalue weighted by molar-refractivity contribution is -0.118. The molecule has 3 rings (SSSR count). The van der Waals surface area contributed by atoms with E-state index in [0.717, 1.165) is 11.1 Å². The van der Waals surface area contributed by atoms with Crippen molar-refractivity contribution in [2.24, 2.45) is 5.92 Å². The Morgan fingerprint density at radius 1 is 0.697 bits per heavy atom. The summed E-state index contributed by atoms with van der Waals surface area (Å²) in [6.45, 7) is 7.59. The van der Waals surface area contributed by atoms with Crippen LogP contribution < -0.4 is 16.0 Å².